The zero-order chi connectivity index (χ0) is 17.0. The maximum Gasteiger partial charge on any atom is 0.410 e. The third kappa shape index (κ3) is 4.53. The third-order valence-corrected chi connectivity index (χ3v) is 3.80. The van der Waals surface area contributed by atoms with Crippen molar-refractivity contribution in [2.45, 2.75) is 58.6 Å². The number of likely N-dealkylation sites (tertiary alicyclic amines) is 1. The Morgan fingerprint density at radius 2 is 2.22 bits per heavy atom. The monoisotopic (exact) mass is 324 g/mol. The van der Waals surface area contributed by atoms with Crippen LogP contribution in [0.2, 0.25) is 0 Å². The lowest BCUT2D eigenvalue weighted by molar-refractivity contribution is 0.0206. The van der Waals surface area contributed by atoms with E-state index >= 15 is 0 Å². The number of aromatic amines is 1. The Hall–Kier alpha value is -1.92. The van der Waals surface area contributed by atoms with Gasteiger partial charge in [0.05, 0.1) is 12.7 Å². The van der Waals surface area contributed by atoms with Crippen molar-refractivity contribution in [1.29, 1.82) is 0 Å². The van der Waals surface area contributed by atoms with Gasteiger partial charge in [-0.3, -0.25) is 5.10 Å². The van der Waals surface area contributed by atoms with E-state index in [9.17, 15) is 4.79 Å². The molecule has 130 valence electrons. The molecule has 2 rings (SSSR count). The second kappa shape index (κ2) is 7.10. The topological polar surface area (TPSA) is 79.5 Å². The number of nitrogens with zero attached hydrogens (tertiary/aromatic N) is 2. The van der Waals surface area contributed by atoms with E-state index in [1.807, 2.05) is 20.8 Å². The molecule has 1 atom stereocenters. The van der Waals surface area contributed by atoms with Crippen LogP contribution in [0.5, 0.6) is 5.88 Å². The zero-order valence-corrected chi connectivity index (χ0v) is 14.7. The predicted molar refractivity (Wildman–Crippen MR) is 89.0 cm³/mol. The van der Waals surface area contributed by atoms with E-state index in [1.54, 1.807) is 12.0 Å². The van der Waals surface area contributed by atoms with Crippen LogP contribution in [0.1, 0.15) is 46.1 Å². The van der Waals surface area contributed by atoms with Crippen molar-refractivity contribution in [3.8, 4) is 5.88 Å². The van der Waals surface area contributed by atoms with E-state index in [4.69, 9.17) is 9.47 Å². The van der Waals surface area contributed by atoms with Gasteiger partial charge < -0.3 is 19.7 Å². The Morgan fingerprint density at radius 1 is 1.48 bits per heavy atom. The Kier molecular flexibility index (Phi) is 5.38. The lowest BCUT2D eigenvalue weighted by atomic mass is 10.1. The van der Waals surface area contributed by atoms with Gasteiger partial charge in [0.1, 0.15) is 11.4 Å². The molecular formula is C16H28N4O3. The molecule has 2 N–H and O–H groups in total. The van der Waals surface area contributed by atoms with E-state index in [2.05, 4.69) is 22.4 Å². The number of nitrogens with one attached hydrogen (secondary N) is 2. The summed E-state index contributed by atoms with van der Waals surface area (Å²) in [5.41, 5.74) is 0.561. The smallest absolute Gasteiger partial charge is 0.410 e. The fourth-order valence-corrected chi connectivity index (χ4v) is 2.76. The summed E-state index contributed by atoms with van der Waals surface area (Å²) < 4.78 is 10.7. The minimum atomic E-state index is -0.469. The molecule has 1 fully saturated rings. The van der Waals surface area contributed by atoms with Crippen LogP contribution >= 0.6 is 0 Å². The highest BCUT2D eigenvalue weighted by Crippen LogP contribution is 2.25. The summed E-state index contributed by atoms with van der Waals surface area (Å²) in [7, 11) is 1.62. The van der Waals surface area contributed by atoms with Crippen LogP contribution in [0.15, 0.2) is 0 Å². The first kappa shape index (κ1) is 17.4. The standard InChI is InChI=1S/C16H28N4O3/c1-6-12-13(18-19-14(12)22-5)17-11-8-7-9-20(10-11)15(21)23-16(2,3)4/h11H,6-10H2,1-5H3,(H2,17,18,19). The summed E-state index contributed by atoms with van der Waals surface area (Å²) in [5.74, 6) is 1.50. The van der Waals surface area contributed by atoms with Crippen molar-refractivity contribution < 1.29 is 14.3 Å². The van der Waals surface area contributed by atoms with Crippen LogP contribution in [-0.4, -0.2) is 53.0 Å². The van der Waals surface area contributed by atoms with E-state index in [-0.39, 0.29) is 12.1 Å². The van der Waals surface area contributed by atoms with Gasteiger partial charge in [0, 0.05) is 19.1 Å². The molecule has 0 aliphatic carbocycles. The van der Waals surface area contributed by atoms with Crippen LogP contribution in [0, 0.1) is 0 Å². The summed E-state index contributed by atoms with van der Waals surface area (Å²) in [5, 5.41) is 10.6. The molecule has 1 aliphatic heterocycles. The quantitative estimate of drug-likeness (QED) is 0.890. The molecule has 1 aromatic heterocycles. The molecule has 0 spiro atoms. The molecule has 0 saturated carbocycles. The third-order valence-electron chi connectivity index (χ3n) is 3.80. The van der Waals surface area contributed by atoms with Crippen molar-refractivity contribution >= 4 is 11.9 Å². The van der Waals surface area contributed by atoms with Gasteiger partial charge in [-0.2, -0.15) is 0 Å². The second-order valence-corrected chi connectivity index (χ2v) is 6.85. The van der Waals surface area contributed by atoms with E-state index in [0.717, 1.165) is 37.2 Å². The molecule has 23 heavy (non-hydrogen) atoms. The van der Waals surface area contributed by atoms with Gasteiger partial charge in [-0.1, -0.05) is 6.92 Å². The van der Waals surface area contributed by atoms with Crippen LogP contribution in [-0.2, 0) is 11.2 Å². The summed E-state index contributed by atoms with van der Waals surface area (Å²) in [6.07, 6.45) is 2.53. The number of H-pyrrole nitrogens is 1. The largest absolute Gasteiger partial charge is 0.480 e. The fraction of sp³-hybridized carbons (Fsp3) is 0.750. The molecule has 0 bridgehead atoms. The maximum absolute atomic E-state index is 12.2. The number of carbonyl (C=O) groups is 1. The van der Waals surface area contributed by atoms with Crippen molar-refractivity contribution in [3.05, 3.63) is 5.56 Å². The average Bonchev–Trinajstić information content (AvgIpc) is 2.87. The van der Waals surface area contributed by atoms with Gasteiger partial charge in [-0.25, -0.2) is 4.79 Å². The van der Waals surface area contributed by atoms with Crippen molar-refractivity contribution in [2.75, 3.05) is 25.5 Å². The molecule has 2 heterocycles. The number of ether oxygens (including phenoxy) is 2. The second-order valence-electron chi connectivity index (χ2n) is 6.85. The molecule has 7 heteroatoms. The van der Waals surface area contributed by atoms with Gasteiger partial charge in [0.2, 0.25) is 5.88 Å². The minimum Gasteiger partial charge on any atom is -0.480 e. The Labute approximate surface area is 137 Å². The molecule has 1 saturated heterocycles. The first-order valence-corrected chi connectivity index (χ1v) is 8.19. The summed E-state index contributed by atoms with van der Waals surface area (Å²) in [4.78, 5) is 14.0. The fourth-order valence-electron chi connectivity index (χ4n) is 2.76. The minimum absolute atomic E-state index is 0.173. The Balaban J connectivity index is 1.99. The number of hydrogen-bond acceptors (Lipinski definition) is 5. The number of amides is 1. The van der Waals surface area contributed by atoms with Gasteiger partial charge in [0.15, 0.2) is 0 Å². The van der Waals surface area contributed by atoms with Gasteiger partial charge in [-0.05, 0) is 40.0 Å². The highest BCUT2D eigenvalue weighted by atomic mass is 16.6. The Morgan fingerprint density at radius 3 is 2.83 bits per heavy atom. The van der Waals surface area contributed by atoms with E-state index < -0.39 is 5.60 Å². The molecule has 0 radical (unpaired) electrons. The number of methoxy groups -OCH3 is 1. The van der Waals surface area contributed by atoms with Crippen molar-refractivity contribution in [3.63, 3.8) is 0 Å². The molecule has 0 aromatic carbocycles. The van der Waals surface area contributed by atoms with E-state index in [1.165, 1.54) is 0 Å². The van der Waals surface area contributed by atoms with Crippen LogP contribution < -0.4 is 10.1 Å². The Bertz CT molecular complexity index is 536. The number of rotatable bonds is 4. The molecule has 1 unspecified atom stereocenters. The number of piperidine rings is 1. The predicted octanol–water partition coefficient (Wildman–Crippen LogP) is 2.79. The van der Waals surface area contributed by atoms with Gasteiger partial charge >= 0.3 is 6.09 Å². The zero-order valence-electron chi connectivity index (χ0n) is 14.7. The van der Waals surface area contributed by atoms with Crippen molar-refractivity contribution in [1.82, 2.24) is 15.1 Å². The van der Waals surface area contributed by atoms with Crippen LogP contribution in [0.25, 0.3) is 0 Å². The SMILES string of the molecule is CCc1c(OC)n[nH]c1NC1CCCN(C(=O)OC(C)(C)C)C1. The molecule has 7 nitrogen and oxygen atoms in total. The molecule has 1 amide bonds. The lowest BCUT2D eigenvalue weighted by Crippen LogP contribution is -2.47. The first-order valence-electron chi connectivity index (χ1n) is 8.19. The number of hydrogen-bond donors (Lipinski definition) is 2. The first-order chi connectivity index (χ1) is 10.8. The number of anilines is 1. The molecular weight excluding hydrogens is 296 g/mol. The van der Waals surface area contributed by atoms with E-state index in [0.29, 0.717) is 12.4 Å². The van der Waals surface area contributed by atoms with Gasteiger partial charge in [-0.15, -0.1) is 5.10 Å². The normalized spacial score (nSPS) is 18.7. The average molecular weight is 324 g/mol. The maximum atomic E-state index is 12.2. The number of carbonyl (C=O) groups excluding carboxylic acids is 1. The lowest BCUT2D eigenvalue weighted by Gasteiger charge is -2.34. The summed E-state index contributed by atoms with van der Waals surface area (Å²) in [6.45, 7) is 9.07. The summed E-state index contributed by atoms with van der Waals surface area (Å²) in [6, 6.07) is 0.173. The highest BCUT2D eigenvalue weighted by molar-refractivity contribution is 5.68. The molecule has 1 aromatic rings. The van der Waals surface area contributed by atoms with Crippen LogP contribution in [0.3, 0.4) is 0 Å². The summed E-state index contributed by atoms with van der Waals surface area (Å²) >= 11 is 0. The molecule has 1 aliphatic rings. The van der Waals surface area contributed by atoms with Crippen LogP contribution in [0.4, 0.5) is 10.6 Å². The van der Waals surface area contributed by atoms with Crippen molar-refractivity contribution in [2.24, 2.45) is 0 Å². The highest BCUT2D eigenvalue weighted by Gasteiger charge is 2.28. The number of aromatic nitrogens is 2. The van der Waals surface area contributed by atoms with Gasteiger partial charge in [0.25, 0.3) is 0 Å².